The molecule has 0 bridgehead atoms. The van der Waals surface area contributed by atoms with Crippen molar-refractivity contribution in [1.29, 1.82) is 0 Å². The molecule has 4 nitrogen and oxygen atoms in total. The van der Waals surface area contributed by atoms with Crippen molar-refractivity contribution in [3.8, 4) is 0 Å². The van der Waals surface area contributed by atoms with E-state index in [0.29, 0.717) is 5.92 Å². The van der Waals surface area contributed by atoms with Crippen molar-refractivity contribution in [2.45, 2.75) is 25.3 Å². The number of halogens is 1. The molecule has 0 saturated heterocycles. The maximum absolute atomic E-state index is 12.1. The Morgan fingerprint density at radius 2 is 2.19 bits per heavy atom. The van der Waals surface area contributed by atoms with Gasteiger partial charge in [-0.25, -0.2) is 4.98 Å². The van der Waals surface area contributed by atoms with Crippen LogP contribution in [0.25, 0.3) is 0 Å². The zero-order chi connectivity index (χ0) is 14.7. The van der Waals surface area contributed by atoms with Crippen LogP contribution >= 0.6 is 15.9 Å². The highest BCUT2D eigenvalue weighted by Gasteiger charge is 2.43. The van der Waals surface area contributed by atoms with E-state index in [2.05, 4.69) is 38.4 Å². The Hall–Kier alpha value is -1.62. The average molecular weight is 348 g/mol. The van der Waals surface area contributed by atoms with Crippen LogP contribution in [0.15, 0.2) is 47.5 Å². The molecule has 2 atom stereocenters. The number of nitrogens with one attached hydrogen (secondary N) is 1. The van der Waals surface area contributed by atoms with Gasteiger partial charge in [-0.2, -0.15) is 0 Å². The molecule has 21 heavy (non-hydrogen) atoms. The van der Waals surface area contributed by atoms with E-state index in [1.165, 1.54) is 5.56 Å². The largest absolute Gasteiger partial charge is 0.356 e. The molecule has 1 saturated carbocycles. The molecule has 1 aromatic heterocycles. The number of carbonyl (C=O) groups is 1. The summed E-state index contributed by atoms with van der Waals surface area (Å²) in [6.45, 7) is 1.61. The molecule has 0 aliphatic heterocycles. The number of benzene rings is 1. The van der Waals surface area contributed by atoms with Gasteiger partial charge in [-0.05, 0) is 36.5 Å². The predicted molar refractivity (Wildman–Crippen MR) is 84.8 cm³/mol. The second-order valence-electron chi connectivity index (χ2n) is 5.45. The lowest BCUT2D eigenvalue weighted by atomic mass is 10.1. The number of hydrogen-bond acceptors (Lipinski definition) is 2. The highest BCUT2D eigenvalue weighted by atomic mass is 79.9. The van der Waals surface area contributed by atoms with Gasteiger partial charge in [-0.3, -0.25) is 4.79 Å². The van der Waals surface area contributed by atoms with Crippen LogP contribution in [0.4, 0.5) is 0 Å². The lowest BCUT2D eigenvalue weighted by molar-refractivity contribution is -0.122. The molecule has 2 aromatic rings. The van der Waals surface area contributed by atoms with Gasteiger partial charge < -0.3 is 9.88 Å². The second kappa shape index (κ2) is 6.43. The van der Waals surface area contributed by atoms with E-state index in [1.807, 2.05) is 22.9 Å². The fourth-order valence-corrected chi connectivity index (χ4v) is 2.85. The number of nitrogens with zero attached hydrogens (tertiary/aromatic N) is 2. The number of amides is 1. The van der Waals surface area contributed by atoms with E-state index in [1.54, 1.807) is 12.5 Å². The zero-order valence-corrected chi connectivity index (χ0v) is 13.3. The number of imidazole rings is 1. The molecule has 1 N–H and O–H groups in total. The van der Waals surface area contributed by atoms with E-state index in [0.717, 1.165) is 30.4 Å². The van der Waals surface area contributed by atoms with Crippen LogP contribution in [-0.2, 0) is 11.3 Å². The Balaban J connectivity index is 1.40. The van der Waals surface area contributed by atoms with Gasteiger partial charge >= 0.3 is 0 Å². The number of rotatable bonds is 6. The SMILES string of the molecule is O=C(NCCCn1ccnc1)[C@@H]1C[C@@H]1c1ccc(Br)cc1. The lowest BCUT2D eigenvalue weighted by Crippen LogP contribution is -2.27. The van der Waals surface area contributed by atoms with Crippen LogP contribution in [0.2, 0.25) is 0 Å². The van der Waals surface area contributed by atoms with E-state index < -0.39 is 0 Å². The van der Waals surface area contributed by atoms with Crippen LogP contribution < -0.4 is 5.32 Å². The molecule has 110 valence electrons. The molecule has 0 unspecified atom stereocenters. The third-order valence-corrected chi connectivity index (χ3v) is 4.41. The van der Waals surface area contributed by atoms with E-state index in [9.17, 15) is 4.79 Å². The summed E-state index contributed by atoms with van der Waals surface area (Å²) in [5.41, 5.74) is 1.26. The first-order valence-electron chi connectivity index (χ1n) is 7.23. The minimum atomic E-state index is 0.152. The van der Waals surface area contributed by atoms with Crippen LogP contribution in [-0.4, -0.2) is 22.0 Å². The van der Waals surface area contributed by atoms with E-state index in [-0.39, 0.29) is 11.8 Å². The van der Waals surface area contributed by atoms with Gasteiger partial charge in [-0.1, -0.05) is 28.1 Å². The minimum absolute atomic E-state index is 0.152. The van der Waals surface area contributed by atoms with Gasteiger partial charge in [-0.15, -0.1) is 0 Å². The Bertz CT molecular complexity index is 594. The van der Waals surface area contributed by atoms with Crippen LogP contribution in [0.5, 0.6) is 0 Å². The van der Waals surface area contributed by atoms with Gasteiger partial charge in [0.15, 0.2) is 0 Å². The fraction of sp³-hybridized carbons (Fsp3) is 0.375. The van der Waals surface area contributed by atoms with E-state index in [4.69, 9.17) is 0 Å². The monoisotopic (exact) mass is 347 g/mol. The summed E-state index contributed by atoms with van der Waals surface area (Å²) in [7, 11) is 0. The molecule has 1 heterocycles. The van der Waals surface area contributed by atoms with Gasteiger partial charge in [0.1, 0.15) is 0 Å². The summed E-state index contributed by atoms with van der Waals surface area (Å²) in [6, 6.07) is 8.27. The smallest absolute Gasteiger partial charge is 0.223 e. The van der Waals surface area contributed by atoms with Gasteiger partial charge in [0, 0.05) is 35.9 Å². The maximum atomic E-state index is 12.1. The quantitative estimate of drug-likeness (QED) is 0.816. The maximum Gasteiger partial charge on any atom is 0.223 e. The Morgan fingerprint density at radius 1 is 1.38 bits per heavy atom. The van der Waals surface area contributed by atoms with Crippen molar-refractivity contribution in [3.63, 3.8) is 0 Å². The molecule has 1 fully saturated rings. The summed E-state index contributed by atoms with van der Waals surface area (Å²) in [5.74, 6) is 0.736. The highest BCUT2D eigenvalue weighted by Crippen LogP contribution is 2.47. The van der Waals surface area contributed by atoms with Gasteiger partial charge in [0.2, 0.25) is 5.91 Å². The van der Waals surface area contributed by atoms with Crippen molar-refractivity contribution in [2.75, 3.05) is 6.54 Å². The molecule has 3 rings (SSSR count). The molecular weight excluding hydrogens is 330 g/mol. The summed E-state index contributed by atoms with van der Waals surface area (Å²) in [6.07, 6.45) is 7.40. The summed E-state index contributed by atoms with van der Waals surface area (Å²) < 4.78 is 3.10. The van der Waals surface area contributed by atoms with Crippen molar-refractivity contribution in [1.82, 2.24) is 14.9 Å². The third-order valence-electron chi connectivity index (χ3n) is 3.88. The minimum Gasteiger partial charge on any atom is -0.356 e. The Morgan fingerprint density at radius 3 is 2.90 bits per heavy atom. The van der Waals surface area contributed by atoms with E-state index >= 15 is 0 Å². The van der Waals surface area contributed by atoms with Crippen molar-refractivity contribution in [3.05, 3.63) is 53.0 Å². The Kier molecular flexibility index (Phi) is 4.39. The second-order valence-corrected chi connectivity index (χ2v) is 6.36. The molecule has 1 aliphatic rings. The zero-order valence-electron chi connectivity index (χ0n) is 11.7. The molecule has 1 aromatic carbocycles. The standard InChI is InChI=1S/C16H18BrN3O/c17-13-4-2-12(3-5-13)14-10-15(14)16(21)19-6-1-8-20-9-7-18-11-20/h2-5,7,9,11,14-15H,1,6,8,10H2,(H,19,21)/t14-,15-/m1/s1. The molecule has 1 aliphatic carbocycles. The molecular formula is C16H18BrN3O. The molecule has 0 radical (unpaired) electrons. The first-order valence-corrected chi connectivity index (χ1v) is 8.02. The van der Waals surface area contributed by atoms with Crippen LogP contribution in [0, 0.1) is 5.92 Å². The molecule has 1 amide bonds. The normalized spacial score (nSPS) is 20.2. The predicted octanol–water partition coefficient (Wildman–Crippen LogP) is 2.96. The average Bonchev–Trinajstić information content (AvgIpc) is 3.12. The highest BCUT2D eigenvalue weighted by molar-refractivity contribution is 9.10. The van der Waals surface area contributed by atoms with Gasteiger partial charge in [0.05, 0.1) is 6.33 Å². The first kappa shape index (κ1) is 14.3. The van der Waals surface area contributed by atoms with Crippen molar-refractivity contribution < 1.29 is 4.79 Å². The third kappa shape index (κ3) is 3.73. The summed E-state index contributed by atoms with van der Waals surface area (Å²) >= 11 is 3.43. The summed E-state index contributed by atoms with van der Waals surface area (Å²) in [5, 5.41) is 3.04. The topological polar surface area (TPSA) is 46.9 Å². The first-order chi connectivity index (χ1) is 10.2. The fourth-order valence-electron chi connectivity index (χ4n) is 2.59. The van der Waals surface area contributed by atoms with Crippen LogP contribution in [0.3, 0.4) is 0 Å². The van der Waals surface area contributed by atoms with Gasteiger partial charge in [0.25, 0.3) is 0 Å². The van der Waals surface area contributed by atoms with Crippen molar-refractivity contribution in [2.24, 2.45) is 5.92 Å². The Labute approximate surface area is 132 Å². The van der Waals surface area contributed by atoms with Crippen molar-refractivity contribution >= 4 is 21.8 Å². The molecule has 5 heteroatoms. The number of hydrogen-bond donors (Lipinski definition) is 1. The summed E-state index contributed by atoms with van der Waals surface area (Å²) in [4.78, 5) is 16.1. The lowest BCUT2D eigenvalue weighted by Gasteiger charge is -2.06. The number of carbonyl (C=O) groups excluding carboxylic acids is 1. The van der Waals surface area contributed by atoms with Crippen LogP contribution in [0.1, 0.15) is 24.3 Å². The molecule has 0 spiro atoms. The number of aromatic nitrogens is 2. The number of aryl methyl sites for hydroxylation is 1.